The number of carboxylic acids is 1. The van der Waals surface area contributed by atoms with Crippen LogP contribution in [-0.4, -0.2) is 65.3 Å². The zero-order chi connectivity index (χ0) is 20.0. The van der Waals surface area contributed by atoms with Gasteiger partial charge in [-0.05, 0) is 78.6 Å². The fourth-order valence-electron chi connectivity index (χ4n) is 3.43. The molecule has 0 atom stereocenters. The number of carbonyl (C=O) groups excluding carboxylic acids is 1. The molecule has 2 heterocycles. The quantitative estimate of drug-likeness (QED) is 0.451. The number of likely N-dealkylation sites (tertiary alicyclic amines) is 1. The van der Waals surface area contributed by atoms with Crippen molar-refractivity contribution >= 4 is 11.9 Å². The van der Waals surface area contributed by atoms with Crippen LogP contribution in [0.2, 0.25) is 0 Å². The zero-order valence-corrected chi connectivity index (χ0v) is 17.0. The molecule has 1 aromatic heterocycles. The number of nitrogens with one attached hydrogen (secondary N) is 2. The predicted molar refractivity (Wildman–Crippen MR) is 105 cm³/mol. The topological polar surface area (TPSA) is 94.7 Å². The SMILES string of the molecule is Cc1c(C(=O)OC(C)(C)C)[nH]c(CCCNCCN2CCCC2)c1C(=O)O. The summed E-state index contributed by atoms with van der Waals surface area (Å²) in [4.78, 5) is 29.5. The van der Waals surface area contributed by atoms with Gasteiger partial charge in [-0.1, -0.05) is 0 Å². The molecule has 0 bridgehead atoms. The number of hydrogen-bond donors (Lipinski definition) is 3. The van der Waals surface area contributed by atoms with E-state index >= 15 is 0 Å². The summed E-state index contributed by atoms with van der Waals surface area (Å²) in [5, 5.41) is 13.0. The molecule has 1 aliphatic rings. The van der Waals surface area contributed by atoms with E-state index in [0.717, 1.165) is 26.1 Å². The van der Waals surface area contributed by atoms with E-state index in [1.54, 1.807) is 27.7 Å². The highest BCUT2D eigenvalue weighted by atomic mass is 16.6. The van der Waals surface area contributed by atoms with Gasteiger partial charge in [-0.25, -0.2) is 9.59 Å². The summed E-state index contributed by atoms with van der Waals surface area (Å²) in [5.41, 5.74) is 0.820. The summed E-state index contributed by atoms with van der Waals surface area (Å²) in [6, 6.07) is 0. The lowest BCUT2D eigenvalue weighted by Gasteiger charge is -2.19. The molecule has 7 heteroatoms. The van der Waals surface area contributed by atoms with Gasteiger partial charge in [0.2, 0.25) is 0 Å². The van der Waals surface area contributed by atoms with Gasteiger partial charge in [0.25, 0.3) is 0 Å². The van der Waals surface area contributed by atoms with Gasteiger partial charge in [-0.3, -0.25) is 0 Å². The number of aromatic amines is 1. The van der Waals surface area contributed by atoms with Crippen LogP contribution in [0.25, 0.3) is 0 Å². The Morgan fingerprint density at radius 2 is 1.89 bits per heavy atom. The number of ether oxygens (including phenoxy) is 1. The first-order valence-corrected chi connectivity index (χ1v) is 9.80. The van der Waals surface area contributed by atoms with E-state index in [1.807, 2.05) is 0 Å². The molecule has 1 fully saturated rings. The molecule has 0 saturated carbocycles. The number of carbonyl (C=O) groups is 2. The van der Waals surface area contributed by atoms with Crippen molar-refractivity contribution in [2.24, 2.45) is 0 Å². The molecular formula is C20H33N3O4. The van der Waals surface area contributed by atoms with Crippen molar-refractivity contribution in [1.29, 1.82) is 0 Å². The highest BCUT2D eigenvalue weighted by Crippen LogP contribution is 2.22. The number of H-pyrrole nitrogens is 1. The van der Waals surface area contributed by atoms with Crippen molar-refractivity contribution < 1.29 is 19.4 Å². The van der Waals surface area contributed by atoms with Crippen LogP contribution in [0, 0.1) is 6.92 Å². The van der Waals surface area contributed by atoms with E-state index in [1.165, 1.54) is 25.9 Å². The molecule has 2 rings (SSSR count). The van der Waals surface area contributed by atoms with Gasteiger partial charge in [0.05, 0.1) is 5.56 Å². The Hall–Kier alpha value is -1.86. The van der Waals surface area contributed by atoms with Crippen molar-refractivity contribution in [2.45, 2.75) is 59.0 Å². The first kappa shape index (κ1) is 21.4. The Bertz CT molecular complexity index is 655. The summed E-state index contributed by atoms with van der Waals surface area (Å²) < 4.78 is 5.38. The molecule has 7 nitrogen and oxygen atoms in total. The summed E-state index contributed by atoms with van der Waals surface area (Å²) in [6.07, 6.45) is 3.96. The van der Waals surface area contributed by atoms with E-state index in [0.29, 0.717) is 17.7 Å². The number of aromatic nitrogens is 1. The van der Waals surface area contributed by atoms with Gasteiger partial charge in [0.15, 0.2) is 0 Å². The maximum absolute atomic E-state index is 12.3. The Balaban J connectivity index is 1.89. The van der Waals surface area contributed by atoms with Gasteiger partial charge in [-0.2, -0.15) is 0 Å². The lowest BCUT2D eigenvalue weighted by Crippen LogP contribution is -2.30. The number of rotatable bonds is 9. The maximum Gasteiger partial charge on any atom is 0.355 e. The van der Waals surface area contributed by atoms with Crippen LogP contribution in [0.15, 0.2) is 0 Å². The minimum Gasteiger partial charge on any atom is -0.478 e. The predicted octanol–water partition coefficient (Wildman–Crippen LogP) is 2.59. The maximum atomic E-state index is 12.3. The van der Waals surface area contributed by atoms with Gasteiger partial charge < -0.3 is 25.0 Å². The van der Waals surface area contributed by atoms with Crippen molar-refractivity contribution in [3.05, 3.63) is 22.5 Å². The normalized spacial score (nSPS) is 15.3. The molecule has 0 aromatic carbocycles. The summed E-state index contributed by atoms with van der Waals surface area (Å²) in [7, 11) is 0. The number of aromatic carboxylic acids is 1. The third kappa shape index (κ3) is 6.36. The Morgan fingerprint density at radius 1 is 1.22 bits per heavy atom. The third-order valence-electron chi connectivity index (χ3n) is 4.73. The molecule has 0 radical (unpaired) electrons. The Labute approximate surface area is 161 Å². The number of esters is 1. The molecule has 27 heavy (non-hydrogen) atoms. The number of aryl methyl sites for hydroxylation is 1. The molecule has 0 amide bonds. The van der Waals surface area contributed by atoms with Crippen molar-refractivity contribution in [3.63, 3.8) is 0 Å². The summed E-state index contributed by atoms with van der Waals surface area (Å²) >= 11 is 0. The summed E-state index contributed by atoms with van der Waals surface area (Å²) in [5.74, 6) is -1.53. The lowest BCUT2D eigenvalue weighted by molar-refractivity contribution is 0.00625. The molecule has 1 saturated heterocycles. The van der Waals surface area contributed by atoms with Crippen molar-refractivity contribution in [1.82, 2.24) is 15.2 Å². The fraction of sp³-hybridized carbons (Fsp3) is 0.700. The van der Waals surface area contributed by atoms with Gasteiger partial charge in [0, 0.05) is 18.8 Å². The highest BCUT2D eigenvalue weighted by Gasteiger charge is 2.26. The van der Waals surface area contributed by atoms with Crippen molar-refractivity contribution in [2.75, 3.05) is 32.7 Å². The van der Waals surface area contributed by atoms with Crippen LogP contribution in [0.4, 0.5) is 0 Å². The molecule has 0 spiro atoms. The second kappa shape index (κ2) is 9.37. The molecule has 0 unspecified atom stereocenters. The largest absolute Gasteiger partial charge is 0.478 e. The first-order chi connectivity index (χ1) is 12.7. The van der Waals surface area contributed by atoms with E-state index in [2.05, 4.69) is 15.2 Å². The molecule has 1 aromatic rings. The second-order valence-electron chi connectivity index (χ2n) is 8.19. The average Bonchev–Trinajstić information content (AvgIpc) is 3.16. The van der Waals surface area contributed by atoms with E-state index in [4.69, 9.17) is 4.74 Å². The average molecular weight is 380 g/mol. The zero-order valence-electron chi connectivity index (χ0n) is 17.0. The van der Waals surface area contributed by atoms with Gasteiger partial charge in [-0.15, -0.1) is 0 Å². The fourth-order valence-corrected chi connectivity index (χ4v) is 3.43. The van der Waals surface area contributed by atoms with Crippen LogP contribution in [-0.2, 0) is 11.2 Å². The Kier molecular flexibility index (Phi) is 7.44. The molecule has 3 N–H and O–H groups in total. The van der Waals surface area contributed by atoms with E-state index < -0.39 is 17.5 Å². The minimum atomic E-state index is -1.02. The number of hydrogen-bond acceptors (Lipinski definition) is 5. The molecule has 0 aliphatic carbocycles. The molecule has 152 valence electrons. The number of carboxylic acid groups (broad SMARTS) is 1. The van der Waals surface area contributed by atoms with Crippen LogP contribution >= 0.6 is 0 Å². The monoisotopic (exact) mass is 379 g/mol. The lowest BCUT2D eigenvalue weighted by atomic mass is 10.1. The number of nitrogens with zero attached hydrogens (tertiary/aromatic N) is 1. The van der Waals surface area contributed by atoms with Crippen LogP contribution in [0.5, 0.6) is 0 Å². The Morgan fingerprint density at radius 3 is 2.48 bits per heavy atom. The standard InChI is InChI=1S/C20H33N3O4/c1-14-16(18(24)25)15(22-17(14)19(26)27-20(2,3)4)8-7-9-21-10-13-23-11-5-6-12-23/h21-22H,5-13H2,1-4H3,(H,24,25). The van der Waals surface area contributed by atoms with Gasteiger partial charge in [0.1, 0.15) is 11.3 Å². The van der Waals surface area contributed by atoms with Gasteiger partial charge >= 0.3 is 11.9 Å². The van der Waals surface area contributed by atoms with E-state index in [-0.39, 0.29) is 11.3 Å². The third-order valence-corrected chi connectivity index (χ3v) is 4.73. The molecule has 1 aliphatic heterocycles. The molecular weight excluding hydrogens is 346 g/mol. The van der Waals surface area contributed by atoms with E-state index in [9.17, 15) is 14.7 Å². The highest BCUT2D eigenvalue weighted by molar-refractivity contribution is 5.97. The second-order valence-corrected chi connectivity index (χ2v) is 8.19. The minimum absolute atomic E-state index is 0.188. The van der Waals surface area contributed by atoms with Crippen molar-refractivity contribution in [3.8, 4) is 0 Å². The smallest absolute Gasteiger partial charge is 0.355 e. The van der Waals surface area contributed by atoms with Crippen LogP contribution in [0.1, 0.15) is 72.1 Å². The summed E-state index contributed by atoms with van der Waals surface area (Å²) in [6.45, 7) is 12.2. The van der Waals surface area contributed by atoms with Crippen LogP contribution in [0.3, 0.4) is 0 Å². The van der Waals surface area contributed by atoms with Crippen LogP contribution < -0.4 is 5.32 Å². The first-order valence-electron chi connectivity index (χ1n) is 9.80.